The molecule has 0 unspecified atom stereocenters. The lowest BCUT2D eigenvalue weighted by atomic mass is 9.90. The first-order chi connectivity index (χ1) is 14.2. The molecule has 3 nitrogen and oxygen atoms in total. The lowest BCUT2D eigenvalue weighted by Gasteiger charge is -2.34. The summed E-state index contributed by atoms with van der Waals surface area (Å²) >= 11 is 5.25. The standard InChI is InChI=1S/C24H29BrN2OS/c25-21-8-6-20(7-9-21)23-24(28)26-22(12-15-29-23)17-27-13-10-19(11-14-27)16-18-4-2-1-3-5-18/h1-9,19,22-23H,10-17H2,(H,26,28)/t22-,23+/m1/s1. The van der Waals surface area contributed by atoms with E-state index in [1.807, 2.05) is 12.1 Å². The Morgan fingerprint density at radius 2 is 1.72 bits per heavy atom. The number of hydrogen-bond donors (Lipinski definition) is 1. The number of thioether (sulfide) groups is 1. The predicted octanol–water partition coefficient (Wildman–Crippen LogP) is 5.07. The van der Waals surface area contributed by atoms with E-state index in [9.17, 15) is 4.79 Å². The van der Waals surface area contributed by atoms with E-state index in [1.165, 1.54) is 24.8 Å². The topological polar surface area (TPSA) is 32.3 Å². The monoisotopic (exact) mass is 472 g/mol. The maximum absolute atomic E-state index is 12.8. The number of nitrogens with zero attached hydrogens (tertiary/aromatic N) is 1. The van der Waals surface area contributed by atoms with Crippen LogP contribution in [0.2, 0.25) is 0 Å². The average molecular weight is 473 g/mol. The highest BCUT2D eigenvalue weighted by Gasteiger charge is 2.29. The lowest BCUT2D eigenvalue weighted by Crippen LogP contribution is -2.46. The van der Waals surface area contributed by atoms with Crippen molar-refractivity contribution < 1.29 is 4.79 Å². The Balaban J connectivity index is 1.26. The largest absolute Gasteiger partial charge is 0.351 e. The summed E-state index contributed by atoms with van der Waals surface area (Å²) in [5.41, 5.74) is 2.55. The smallest absolute Gasteiger partial charge is 0.237 e. The van der Waals surface area contributed by atoms with Crippen LogP contribution >= 0.6 is 27.7 Å². The number of halogens is 1. The Hall–Kier alpha value is -1.30. The molecule has 2 fully saturated rings. The van der Waals surface area contributed by atoms with Crippen LogP contribution in [0.15, 0.2) is 59.1 Å². The first-order valence-corrected chi connectivity index (χ1v) is 12.5. The van der Waals surface area contributed by atoms with E-state index in [4.69, 9.17) is 0 Å². The molecule has 0 aliphatic carbocycles. The molecule has 0 spiro atoms. The van der Waals surface area contributed by atoms with Gasteiger partial charge in [0.25, 0.3) is 0 Å². The third-order valence-electron chi connectivity index (χ3n) is 6.06. The molecule has 2 aliphatic heterocycles. The normalized spacial score (nSPS) is 24.1. The highest BCUT2D eigenvalue weighted by Crippen LogP contribution is 2.33. The zero-order valence-corrected chi connectivity index (χ0v) is 19.1. The van der Waals surface area contributed by atoms with E-state index < -0.39 is 0 Å². The summed E-state index contributed by atoms with van der Waals surface area (Å²) in [6.07, 6.45) is 4.76. The minimum absolute atomic E-state index is 0.0929. The molecule has 0 bridgehead atoms. The van der Waals surface area contributed by atoms with Gasteiger partial charge in [0.05, 0.1) is 0 Å². The van der Waals surface area contributed by atoms with Crippen molar-refractivity contribution in [3.05, 3.63) is 70.2 Å². The molecule has 0 saturated carbocycles. The van der Waals surface area contributed by atoms with Gasteiger partial charge in [-0.05, 0) is 73.7 Å². The van der Waals surface area contributed by atoms with Gasteiger partial charge in [-0.15, -0.1) is 11.8 Å². The van der Waals surface area contributed by atoms with Gasteiger partial charge < -0.3 is 10.2 Å². The molecule has 2 aliphatic rings. The number of likely N-dealkylation sites (tertiary alicyclic amines) is 1. The van der Waals surface area contributed by atoms with Crippen molar-refractivity contribution in [3.8, 4) is 0 Å². The molecular formula is C24H29BrN2OS. The van der Waals surface area contributed by atoms with Crippen LogP contribution < -0.4 is 5.32 Å². The van der Waals surface area contributed by atoms with E-state index in [1.54, 1.807) is 11.8 Å². The zero-order chi connectivity index (χ0) is 20.1. The number of carbonyl (C=O) groups excluding carboxylic acids is 1. The van der Waals surface area contributed by atoms with Crippen molar-refractivity contribution in [2.45, 2.75) is 37.0 Å². The molecule has 1 N–H and O–H groups in total. The van der Waals surface area contributed by atoms with Gasteiger partial charge in [-0.1, -0.05) is 58.4 Å². The Bertz CT molecular complexity index is 790. The number of piperidine rings is 1. The summed E-state index contributed by atoms with van der Waals surface area (Å²) in [5.74, 6) is 1.97. The second kappa shape index (κ2) is 10.1. The Morgan fingerprint density at radius 3 is 2.45 bits per heavy atom. The van der Waals surface area contributed by atoms with Gasteiger partial charge in [-0.3, -0.25) is 4.79 Å². The SMILES string of the molecule is O=C1N[C@@H](CN2CCC(Cc3ccccc3)CC2)CCS[C@H]1c1ccc(Br)cc1. The minimum Gasteiger partial charge on any atom is -0.351 e. The fraction of sp³-hybridized carbons (Fsp3) is 0.458. The molecule has 2 heterocycles. The number of rotatable bonds is 5. The van der Waals surface area contributed by atoms with Gasteiger partial charge in [-0.25, -0.2) is 0 Å². The Morgan fingerprint density at radius 1 is 1.00 bits per heavy atom. The summed E-state index contributed by atoms with van der Waals surface area (Å²) in [6, 6.07) is 19.3. The van der Waals surface area contributed by atoms with Crippen molar-refractivity contribution in [1.82, 2.24) is 10.2 Å². The molecule has 0 aromatic heterocycles. The van der Waals surface area contributed by atoms with Crippen molar-refractivity contribution >= 4 is 33.6 Å². The molecule has 2 aromatic rings. The molecule has 0 radical (unpaired) electrons. The van der Waals surface area contributed by atoms with Gasteiger partial charge in [0.2, 0.25) is 5.91 Å². The summed E-state index contributed by atoms with van der Waals surface area (Å²) in [6.45, 7) is 3.28. The number of amides is 1. The van der Waals surface area contributed by atoms with Crippen LogP contribution in [0, 0.1) is 5.92 Å². The van der Waals surface area contributed by atoms with E-state index in [0.29, 0.717) is 0 Å². The van der Waals surface area contributed by atoms with Crippen LogP contribution in [-0.2, 0) is 11.2 Å². The van der Waals surface area contributed by atoms with Gasteiger partial charge in [-0.2, -0.15) is 0 Å². The minimum atomic E-state index is -0.0929. The number of nitrogens with one attached hydrogen (secondary N) is 1. The maximum atomic E-state index is 12.8. The van der Waals surface area contributed by atoms with Crippen LogP contribution in [-0.4, -0.2) is 42.2 Å². The first-order valence-electron chi connectivity index (χ1n) is 10.6. The summed E-state index contributed by atoms with van der Waals surface area (Å²) in [7, 11) is 0. The molecule has 2 saturated heterocycles. The van der Waals surface area contributed by atoms with E-state index in [2.05, 4.69) is 68.6 Å². The molecular weight excluding hydrogens is 444 g/mol. The van der Waals surface area contributed by atoms with Crippen molar-refractivity contribution in [2.75, 3.05) is 25.4 Å². The predicted molar refractivity (Wildman–Crippen MR) is 125 cm³/mol. The fourth-order valence-corrected chi connectivity index (χ4v) is 5.90. The van der Waals surface area contributed by atoms with Crippen LogP contribution in [0.3, 0.4) is 0 Å². The second-order valence-electron chi connectivity index (χ2n) is 8.23. The molecule has 29 heavy (non-hydrogen) atoms. The van der Waals surface area contributed by atoms with Crippen molar-refractivity contribution in [2.24, 2.45) is 5.92 Å². The summed E-state index contributed by atoms with van der Waals surface area (Å²) in [5, 5.41) is 3.23. The summed E-state index contributed by atoms with van der Waals surface area (Å²) < 4.78 is 1.05. The maximum Gasteiger partial charge on any atom is 0.237 e. The number of benzene rings is 2. The van der Waals surface area contributed by atoms with Crippen LogP contribution in [0.4, 0.5) is 0 Å². The molecule has 1 amide bonds. The number of hydrogen-bond acceptors (Lipinski definition) is 3. The third-order valence-corrected chi connectivity index (χ3v) is 7.88. The van der Waals surface area contributed by atoms with Crippen LogP contribution in [0.25, 0.3) is 0 Å². The van der Waals surface area contributed by atoms with E-state index >= 15 is 0 Å². The summed E-state index contributed by atoms with van der Waals surface area (Å²) in [4.78, 5) is 15.4. The molecule has 4 rings (SSSR count). The van der Waals surface area contributed by atoms with E-state index in [0.717, 1.165) is 47.8 Å². The fourth-order valence-electron chi connectivity index (χ4n) is 4.41. The highest BCUT2D eigenvalue weighted by atomic mass is 79.9. The third kappa shape index (κ3) is 5.87. The highest BCUT2D eigenvalue weighted by molar-refractivity contribution is 9.10. The Kier molecular flexibility index (Phi) is 7.33. The van der Waals surface area contributed by atoms with Crippen LogP contribution in [0.1, 0.15) is 35.6 Å². The average Bonchev–Trinajstić information content (AvgIpc) is 2.92. The van der Waals surface area contributed by atoms with Gasteiger partial charge in [0.15, 0.2) is 0 Å². The Labute approximate surface area is 186 Å². The molecule has 154 valence electrons. The molecule has 2 aromatic carbocycles. The lowest BCUT2D eigenvalue weighted by molar-refractivity contribution is -0.121. The van der Waals surface area contributed by atoms with Gasteiger partial charge in [0.1, 0.15) is 5.25 Å². The molecule has 5 heteroatoms. The van der Waals surface area contributed by atoms with Gasteiger partial charge in [0, 0.05) is 17.1 Å². The first kappa shape index (κ1) is 21.0. The van der Waals surface area contributed by atoms with Crippen LogP contribution in [0.5, 0.6) is 0 Å². The molecule has 2 atom stereocenters. The quantitative estimate of drug-likeness (QED) is 0.659. The van der Waals surface area contributed by atoms with Crippen molar-refractivity contribution in [1.29, 1.82) is 0 Å². The number of carbonyl (C=O) groups is 1. The van der Waals surface area contributed by atoms with Crippen molar-refractivity contribution in [3.63, 3.8) is 0 Å². The van der Waals surface area contributed by atoms with E-state index in [-0.39, 0.29) is 17.2 Å². The zero-order valence-electron chi connectivity index (χ0n) is 16.7. The second-order valence-corrected chi connectivity index (χ2v) is 10.4. The van der Waals surface area contributed by atoms with Gasteiger partial charge >= 0.3 is 0 Å².